The van der Waals surface area contributed by atoms with Crippen LogP contribution in [0.1, 0.15) is 54.4 Å². The molecule has 0 aliphatic carbocycles. The molecule has 1 N–H and O–H groups in total. The van der Waals surface area contributed by atoms with E-state index < -0.39 is 29.7 Å². The highest BCUT2D eigenvalue weighted by molar-refractivity contribution is 5.90. The largest absolute Gasteiger partial charge is 0.458 e. The van der Waals surface area contributed by atoms with Crippen LogP contribution in [0.25, 0.3) is 0 Å². The molecule has 1 fully saturated rings. The molecule has 1 saturated heterocycles. The molecule has 0 spiro atoms. The number of hydrogen-bond acceptors (Lipinski definition) is 5. The number of nitrogens with one attached hydrogen (secondary N) is 1. The van der Waals surface area contributed by atoms with Gasteiger partial charge in [0.2, 0.25) is 5.91 Å². The minimum atomic E-state index is -0.747. The first kappa shape index (κ1) is 20.3. The number of carbonyl (C=O) groups excluding carboxylic acids is 3. The van der Waals surface area contributed by atoms with Crippen LogP contribution in [0.4, 0.5) is 4.79 Å². The van der Waals surface area contributed by atoms with Crippen LogP contribution >= 0.6 is 0 Å². The quantitative estimate of drug-likeness (QED) is 0.791. The van der Waals surface area contributed by atoms with Crippen LogP contribution in [0.5, 0.6) is 0 Å². The molecule has 3 atom stereocenters. The van der Waals surface area contributed by atoms with Crippen LogP contribution in [0.15, 0.2) is 0 Å². The van der Waals surface area contributed by atoms with Gasteiger partial charge in [-0.2, -0.15) is 0 Å². The number of rotatable bonds is 4. The number of methoxy groups -OCH3 is 1. The summed E-state index contributed by atoms with van der Waals surface area (Å²) in [5.74, 6) is -0.819. The molecule has 0 radical (unpaired) electrons. The molecule has 0 aromatic rings. The lowest BCUT2D eigenvalue weighted by molar-refractivity contribution is -0.164. The standard InChI is InChI=1S/C17H30N2O5/c1-10(2)13(18-16(22)23-7)14(20)19-11(3)8-9-12(19)15(21)24-17(4,5)6/h10-13H,8-9H2,1-7H3,(H,18,22)/t11-,12-,13-/m0/s1. The number of likely N-dealkylation sites (tertiary alicyclic amines) is 1. The maximum Gasteiger partial charge on any atom is 0.407 e. The van der Waals surface area contributed by atoms with Crippen LogP contribution in [-0.2, 0) is 19.1 Å². The van der Waals surface area contributed by atoms with Crippen LogP contribution < -0.4 is 5.32 Å². The van der Waals surface area contributed by atoms with E-state index in [-0.39, 0.29) is 17.9 Å². The lowest BCUT2D eigenvalue weighted by Crippen LogP contribution is -2.56. The molecule has 1 heterocycles. The number of carbonyl (C=O) groups is 3. The van der Waals surface area contributed by atoms with Crippen LogP contribution in [0.3, 0.4) is 0 Å². The zero-order valence-corrected chi connectivity index (χ0v) is 15.7. The third kappa shape index (κ3) is 5.11. The molecule has 0 bridgehead atoms. The van der Waals surface area contributed by atoms with E-state index >= 15 is 0 Å². The van der Waals surface area contributed by atoms with E-state index in [0.717, 1.165) is 6.42 Å². The first-order valence-electron chi connectivity index (χ1n) is 8.37. The Labute approximate surface area is 144 Å². The third-order valence-corrected chi connectivity index (χ3v) is 3.99. The zero-order valence-electron chi connectivity index (χ0n) is 15.7. The highest BCUT2D eigenvalue weighted by Crippen LogP contribution is 2.28. The van der Waals surface area contributed by atoms with E-state index in [2.05, 4.69) is 10.1 Å². The lowest BCUT2D eigenvalue weighted by atomic mass is 10.0. The Morgan fingerprint density at radius 3 is 2.21 bits per heavy atom. The normalized spacial score (nSPS) is 22.2. The van der Waals surface area contributed by atoms with Gasteiger partial charge in [0.1, 0.15) is 17.7 Å². The fraction of sp³-hybridized carbons (Fsp3) is 0.824. The topological polar surface area (TPSA) is 84.9 Å². The summed E-state index contributed by atoms with van der Waals surface area (Å²) >= 11 is 0. The summed E-state index contributed by atoms with van der Waals surface area (Å²) in [5.41, 5.74) is -0.612. The number of hydrogen-bond donors (Lipinski definition) is 1. The van der Waals surface area contributed by atoms with Gasteiger partial charge in [-0.1, -0.05) is 13.8 Å². The second kappa shape index (κ2) is 7.85. The first-order chi connectivity index (χ1) is 11.0. The van der Waals surface area contributed by atoms with Crippen molar-refractivity contribution in [2.45, 2.75) is 78.1 Å². The van der Waals surface area contributed by atoms with Crippen molar-refractivity contribution >= 4 is 18.0 Å². The Kier molecular flexibility index (Phi) is 6.63. The molecule has 1 aliphatic rings. The van der Waals surface area contributed by atoms with Gasteiger partial charge >= 0.3 is 12.1 Å². The Balaban J connectivity index is 2.98. The predicted molar refractivity (Wildman–Crippen MR) is 89.3 cm³/mol. The van der Waals surface area contributed by atoms with Gasteiger partial charge in [-0.15, -0.1) is 0 Å². The molecule has 7 heteroatoms. The molecule has 0 unspecified atom stereocenters. The van der Waals surface area contributed by atoms with Crippen molar-refractivity contribution in [3.05, 3.63) is 0 Å². The molecule has 138 valence electrons. The summed E-state index contributed by atoms with van der Waals surface area (Å²) in [6, 6.07) is -1.45. The van der Waals surface area contributed by atoms with Crippen molar-refractivity contribution < 1.29 is 23.9 Å². The number of ether oxygens (including phenoxy) is 2. The van der Waals surface area contributed by atoms with Gasteiger partial charge in [0.25, 0.3) is 0 Å². The van der Waals surface area contributed by atoms with Crippen LogP contribution in [0.2, 0.25) is 0 Å². The van der Waals surface area contributed by atoms with Gasteiger partial charge in [0, 0.05) is 6.04 Å². The molecule has 24 heavy (non-hydrogen) atoms. The van der Waals surface area contributed by atoms with E-state index in [1.54, 1.807) is 25.7 Å². The Hall–Kier alpha value is -1.79. The molecular weight excluding hydrogens is 312 g/mol. The smallest absolute Gasteiger partial charge is 0.407 e. The third-order valence-electron chi connectivity index (χ3n) is 3.99. The van der Waals surface area contributed by atoms with Crippen molar-refractivity contribution in [2.75, 3.05) is 7.11 Å². The average molecular weight is 342 g/mol. The van der Waals surface area contributed by atoms with Gasteiger partial charge < -0.3 is 19.7 Å². The van der Waals surface area contributed by atoms with Gasteiger partial charge in [0.15, 0.2) is 0 Å². The van der Waals surface area contributed by atoms with Crippen molar-refractivity contribution in [3.63, 3.8) is 0 Å². The minimum absolute atomic E-state index is 0.0873. The van der Waals surface area contributed by atoms with Crippen molar-refractivity contribution in [2.24, 2.45) is 5.92 Å². The van der Waals surface area contributed by atoms with Crippen molar-refractivity contribution in [1.29, 1.82) is 0 Å². The second-order valence-corrected chi connectivity index (χ2v) is 7.58. The summed E-state index contributed by atoms with van der Waals surface area (Å²) in [6.45, 7) is 11.0. The zero-order chi connectivity index (χ0) is 18.7. The molecule has 0 aromatic heterocycles. The summed E-state index contributed by atoms with van der Waals surface area (Å²) < 4.78 is 10.0. The molecular formula is C17H30N2O5. The summed E-state index contributed by atoms with van der Waals surface area (Å²) in [7, 11) is 1.25. The highest BCUT2D eigenvalue weighted by atomic mass is 16.6. The van der Waals surface area contributed by atoms with E-state index in [4.69, 9.17) is 4.74 Å². The highest BCUT2D eigenvalue weighted by Gasteiger charge is 2.43. The van der Waals surface area contributed by atoms with Gasteiger partial charge in [0.05, 0.1) is 7.11 Å². The summed E-state index contributed by atoms with van der Waals surface area (Å²) in [6.07, 6.45) is 0.617. The van der Waals surface area contributed by atoms with Crippen LogP contribution in [0, 0.1) is 5.92 Å². The second-order valence-electron chi connectivity index (χ2n) is 7.58. The number of esters is 1. The Morgan fingerprint density at radius 1 is 1.17 bits per heavy atom. The molecule has 2 amide bonds. The fourth-order valence-electron chi connectivity index (χ4n) is 2.82. The van der Waals surface area contributed by atoms with Crippen molar-refractivity contribution in [1.82, 2.24) is 10.2 Å². The molecule has 7 nitrogen and oxygen atoms in total. The maximum atomic E-state index is 13.0. The number of nitrogens with zero attached hydrogens (tertiary/aromatic N) is 1. The van der Waals surface area contributed by atoms with Gasteiger partial charge in [-0.3, -0.25) is 4.79 Å². The Morgan fingerprint density at radius 2 is 1.75 bits per heavy atom. The van der Waals surface area contributed by atoms with Gasteiger partial charge in [-0.05, 0) is 46.5 Å². The van der Waals surface area contributed by atoms with E-state index in [9.17, 15) is 14.4 Å². The maximum absolute atomic E-state index is 13.0. The molecule has 0 saturated carbocycles. The number of amides is 2. The lowest BCUT2D eigenvalue weighted by Gasteiger charge is -2.33. The van der Waals surface area contributed by atoms with Crippen LogP contribution in [-0.4, -0.2) is 53.7 Å². The predicted octanol–water partition coefficient (Wildman–Crippen LogP) is 2.09. The first-order valence-corrected chi connectivity index (χ1v) is 8.37. The Bertz CT molecular complexity index is 484. The van der Waals surface area contributed by atoms with E-state index in [1.165, 1.54) is 7.11 Å². The summed E-state index contributed by atoms with van der Waals surface area (Å²) in [5, 5.41) is 2.57. The van der Waals surface area contributed by atoms with Gasteiger partial charge in [-0.25, -0.2) is 9.59 Å². The molecule has 0 aromatic carbocycles. The minimum Gasteiger partial charge on any atom is -0.458 e. The van der Waals surface area contributed by atoms with E-state index in [0.29, 0.717) is 6.42 Å². The summed E-state index contributed by atoms with van der Waals surface area (Å²) in [4.78, 5) is 38.5. The van der Waals surface area contributed by atoms with Crippen molar-refractivity contribution in [3.8, 4) is 0 Å². The number of alkyl carbamates (subject to hydrolysis) is 1. The molecule has 1 rings (SSSR count). The van der Waals surface area contributed by atoms with E-state index in [1.807, 2.05) is 20.8 Å². The average Bonchev–Trinajstić information content (AvgIpc) is 2.83. The molecule has 1 aliphatic heterocycles. The fourth-order valence-corrected chi connectivity index (χ4v) is 2.82. The monoisotopic (exact) mass is 342 g/mol. The SMILES string of the molecule is COC(=O)N[C@H](C(=O)N1[C@@H](C)CC[C@H]1C(=O)OC(C)(C)C)C(C)C.